The van der Waals surface area contributed by atoms with Gasteiger partial charge >= 0.3 is 6.18 Å². The Balaban J connectivity index is 2.25. The number of nitrogens with one attached hydrogen (secondary N) is 1. The van der Waals surface area contributed by atoms with Crippen LogP contribution in [-0.2, 0) is 15.8 Å². The highest BCUT2D eigenvalue weighted by molar-refractivity contribution is 8.00. The second-order valence-corrected chi connectivity index (χ2v) is 5.36. The molecule has 0 fully saturated rings. The maximum absolute atomic E-state index is 12.8. The van der Waals surface area contributed by atoms with Crippen LogP contribution in [0.1, 0.15) is 5.82 Å². The van der Waals surface area contributed by atoms with Crippen LogP contribution in [0.4, 0.5) is 13.2 Å². The lowest BCUT2D eigenvalue weighted by Crippen LogP contribution is -2.34. The number of carbonyl (C=O) groups excluding carboxylic acids is 2. The minimum absolute atomic E-state index is 0.0390. The minimum atomic E-state index is -4.69. The number of benzene rings is 1. The van der Waals surface area contributed by atoms with Gasteiger partial charge in [-0.2, -0.15) is 13.2 Å². The van der Waals surface area contributed by atoms with Crippen molar-refractivity contribution in [2.45, 2.75) is 11.2 Å². The summed E-state index contributed by atoms with van der Waals surface area (Å²) >= 11 is 0.825. The highest BCUT2D eigenvalue weighted by Crippen LogP contribution is 2.31. The molecule has 3 N–H and O–H groups in total. The lowest BCUT2D eigenvalue weighted by atomic mass is 10.2. The zero-order valence-corrected chi connectivity index (χ0v) is 12.4. The number of aromatic nitrogens is 2. The fourth-order valence-corrected chi connectivity index (χ4v) is 2.50. The van der Waals surface area contributed by atoms with Crippen molar-refractivity contribution in [2.24, 2.45) is 5.73 Å². The van der Waals surface area contributed by atoms with Crippen LogP contribution < -0.4 is 11.1 Å². The van der Waals surface area contributed by atoms with E-state index in [1.165, 1.54) is 6.07 Å². The van der Waals surface area contributed by atoms with Crippen molar-refractivity contribution in [3.05, 3.63) is 30.1 Å². The molecule has 0 saturated heterocycles. The van der Waals surface area contributed by atoms with Crippen LogP contribution in [0.25, 0.3) is 10.9 Å². The van der Waals surface area contributed by atoms with Crippen molar-refractivity contribution >= 4 is 34.5 Å². The summed E-state index contributed by atoms with van der Waals surface area (Å²) in [6.45, 7) is -0.336. The highest BCUT2D eigenvalue weighted by atomic mass is 32.2. The summed E-state index contributed by atoms with van der Waals surface area (Å²) in [5.74, 6) is -2.72. The number of nitrogens with zero attached hydrogens (tertiary/aromatic N) is 2. The Kier molecular flexibility index (Phi) is 5.04. The molecule has 0 aliphatic carbocycles. The standard InChI is InChI=1S/C13H11F3N4O2S/c14-13(15,16)12-19-8-4-2-1-3-7(8)11(20-12)23-6-10(22)18-5-9(17)21/h1-4H,5-6H2,(H2,17,21)(H,18,22). The van der Waals surface area contributed by atoms with E-state index in [9.17, 15) is 22.8 Å². The van der Waals surface area contributed by atoms with Gasteiger partial charge in [0.2, 0.25) is 17.6 Å². The van der Waals surface area contributed by atoms with E-state index < -0.39 is 23.8 Å². The second kappa shape index (κ2) is 6.82. The normalized spacial score (nSPS) is 11.4. The highest BCUT2D eigenvalue weighted by Gasteiger charge is 2.35. The Labute approximate surface area is 132 Å². The predicted octanol–water partition coefficient (Wildman–Crippen LogP) is 1.34. The summed E-state index contributed by atoms with van der Waals surface area (Å²) in [5, 5.41) is 2.69. The van der Waals surface area contributed by atoms with Crippen molar-refractivity contribution in [3.8, 4) is 0 Å². The van der Waals surface area contributed by atoms with Crippen molar-refractivity contribution in [1.29, 1.82) is 0 Å². The molecule has 2 aromatic rings. The zero-order valence-electron chi connectivity index (χ0n) is 11.6. The summed E-state index contributed by atoms with van der Waals surface area (Å²) in [5.41, 5.74) is 5.02. The van der Waals surface area contributed by atoms with Crippen molar-refractivity contribution in [2.75, 3.05) is 12.3 Å². The summed E-state index contributed by atoms with van der Waals surface area (Å²) < 4.78 is 38.5. The van der Waals surface area contributed by atoms with Gasteiger partial charge in [0.25, 0.3) is 0 Å². The maximum atomic E-state index is 12.8. The number of hydrogen-bond donors (Lipinski definition) is 2. The molecule has 10 heteroatoms. The van der Waals surface area contributed by atoms with E-state index in [-0.39, 0.29) is 22.8 Å². The molecule has 0 bridgehead atoms. The number of amides is 2. The van der Waals surface area contributed by atoms with Gasteiger partial charge in [0.05, 0.1) is 17.8 Å². The van der Waals surface area contributed by atoms with Gasteiger partial charge in [-0.15, -0.1) is 0 Å². The largest absolute Gasteiger partial charge is 0.451 e. The van der Waals surface area contributed by atoms with Gasteiger partial charge < -0.3 is 11.1 Å². The van der Waals surface area contributed by atoms with E-state index in [4.69, 9.17) is 5.73 Å². The molecule has 0 spiro atoms. The Morgan fingerprint density at radius 2 is 1.91 bits per heavy atom. The van der Waals surface area contributed by atoms with Crippen LogP contribution >= 0.6 is 11.8 Å². The molecule has 23 heavy (non-hydrogen) atoms. The molecule has 2 rings (SSSR count). The molecule has 0 aliphatic rings. The number of para-hydroxylation sites is 1. The average Bonchev–Trinajstić information content (AvgIpc) is 2.49. The van der Waals surface area contributed by atoms with Crippen molar-refractivity contribution < 1.29 is 22.8 Å². The van der Waals surface area contributed by atoms with Crippen LogP contribution in [0.2, 0.25) is 0 Å². The second-order valence-electron chi connectivity index (χ2n) is 4.40. The molecule has 0 unspecified atom stereocenters. The van der Waals surface area contributed by atoms with Crippen molar-refractivity contribution in [1.82, 2.24) is 15.3 Å². The monoisotopic (exact) mass is 344 g/mol. The number of halogens is 3. The van der Waals surface area contributed by atoms with Crippen LogP contribution in [0.5, 0.6) is 0 Å². The Morgan fingerprint density at radius 1 is 1.22 bits per heavy atom. The molecule has 0 radical (unpaired) electrons. The number of fused-ring (bicyclic) bond motifs is 1. The van der Waals surface area contributed by atoms with E-state index in [0.717, 1.165) is 11.8 Å². The molecule has 0 saturated carbocycles. The average molecular weight is 344 g/mol. The van der Waals surface area contributed by atoms with Gasteiger partial charge in [-0.25, -0.2) is 9.97 Å². The zero-order chi connectivity index (χ0) is 17.0. The van der Waals surface area contributed by atoms with Gasteiger partial charge in [0.1, 0.15) is 5.03 Å². The summed E-state index contributed by atoms with van der Waals surface area (Å²) in [6, 6.07) is 6.20. The molecule has 1 aromatic carbocycles. The van der Waals surface area contributed by atoms with Gasteiger partial charge in [-0.3, -0.25) is 9.59 Å². The first kappa shape index (κ1) is 17.0. The number of alkyl halides is 3. The Hall–Kier alpha value is -2.36. The lowest BCUT2D eigenvalue weighted by molar-refractivity contribution is -0.145. The number of primary amides is 1. The third-order valence-corrected chi connectivity index (χ3v) is 3.61. The maximum Gasteiger partial charge on any atom is 0.451 e. The molecule has 122 valence electrons. The first-order chi connectivity index (χ1) is 10.8. The number of hydrogen-bond acceptors (Lipinski definition) is 5. The number of nitrogens with two attached hydrogens (primary N) is 1. The Bertz CT molecular complexity index is 752. The molecular weight excluding hydrogens is 333 g/mol. The van der Waals surface area contributed by atoms with E-state index in [1.54, 1.807) is 18.2 Å². The molecule has 2 amide bonds. The molecule has 1 heterocycles. The lowest BCUT2D eigenvalue weighted by Gasteiger charge is -2.10. The number of carbonyl (C=O) groups is 2. The first-order valence-electron chi connectivity index (χ1n) is 6.29. The topological polar surface area (TPSA) is 98.0 Å². The predicted molar refractivity (Wildman–Crippen MR) is 77.5 cm³/mol. The van der Waals surface area contributed by atoms with Crippen LogP contribution in [-0.4, -0.2) is 34.1 Å². The van der Waals surface area contributed by atoms with Gasteiger partial charge in [-0.1, -0.05) is 30.0 Å². The summed E-state index contributed by atoms with van der Waals surface area (Å²) in [6.07, 6.45) is -4.69. The van der Waals surface area contributed by atoms with E-state index in [0.29, 0.717) is 5.39 Å². The van der Waals surface area contributed by atoms with Crippen LogP contribution in [0.3, 0.4) is 0 Å². The van der Waals surface area contributed by atoms with E-state index >= 15 is 0 Å². The van der Waals surface area contributed by atoms with Crippen molar-refractivity contribution in [3.63, 3.8) is 0 Å². The van der Waals surface area contributed by atoms with Crippen LogP contribution in [0, 0.1) is 0 Å². The summed E-state index contributed by atoms with van der Waals surface area (Å²) in [7, 11) is 0. The van der Waals surface area contributed by atoms with E-state index in [2.05, 4.69) is 15.3 Å². The molecular formula is C13H11F3N4O2S. The van der Waals surface area contributed by atoms with Gasteiger partial charge in [0, 0.05) is 5.39 Å². The smallest absolute Gasteiger partial charge is 0.368 e. The van der Waals surface area contributed by atoms with Gasteiger partial charge in [-0.05, 0) is 6.07 Å². The first-order valence-corrected chi connectivity index (χ1v) is 7.27. The quantitative estimate of drug-likeness (QED) is 0.630. The van der Waals surface area contributed by atoms with Crippen LogP contribution in [0.15, 0.2) is 29.3 Å². The third kappa shape index (κ3) is 4.55. The molecule has 0 atom stereocenters. The molecule has 0 aliphatic heterocycles. The fourth-order valence-electron chi connectivity index (χ4n) is 1.65. The SMILES string of the molecule is NC(=O)CNC(=O)CSc1nc(C(F)(F)F)nc2ccccc12. The molecule has 1 aromatic heterocycles. The van der Waals surface area contributed by atoms with E-state index in [1.807, 2.05) is 0 Å². The Morgan fingerprint density at radius 3 is 2.57 bits per heavy atom. The fraction of sp³-hybridized carbons (Fsp3) is 0.231. The summed E-state index contributed by atoms with van der Waals surface area (Å²) in [4.78, 5) is 29.1. The third-order valence-electron chi connectivity index (χ3n) is 2.62. The number of rotatable bonds is 5. The molecule has 6 nitrogen and oxygen atoms in total. The minimum Gasteiger partial charge on any atom is -0.368 e. The van der Waals surface area contributed by atoms with Gasteiger partial charge in [0.15, 0.2) is 0 Å². The number of thioether (sulfide) groups is 1.